The maximum Gasteiger partial charge on any atom is 0.132 e. The van der Waals surface area contributed by atoms with Crippen molar-refractivity contribution in [2.24, 2.45) is 13.0 Å². The average Bonchev–Trinajstić information content (AvgIpc) is 3.22. The second kappa shape index (κ2) is 6.11. The minimum absolute atomic E-state index is 0.366. The first-order valence-electron chi connectivity index (χ1n) is 8.99. The van der Waals surface area contributed by atoms with E-state index in [1.807, 2.05) is 24.0 Å². The standard InChI is InChI=1S/C19H26N4O/c1-13-19(14(2)22(3)21-13)17-5-4-10-23(17)18-11-16(8-9-20-18)24-12-15-6-7-15/h8-9,11,15,17H,4-7,10,12H2,1-3H3/t17-/m1/s1. The lowest BCUT2D eigenvalue weighted by molar-refractivity contribution is 0.299. The van der Waals surface area contributed by atoms with Crippen LogP contribution in [0, 0.1) is 19.8 Å². The van der Waals surface area contributed by atoms with Crippen molar-refractivity contribution in [1.29, 1.82) is 0 Å². The Labute approximate surface area is 143 Å². The van der Waals surface area contributed by atoms with E-state index in [0.717, 1.165) is 42.8 Å². The molecule has 2 aromatic heterocycles. The van der Waals surface area contributed by atoms with Crippen molar-refractivity contribution in [2.75, 3.05) is 18.1 Å². The molecule has 0 amide bonds. The number of hydrogen-bond donors (Lipinski definition) is 0. The van der Waals surface area contributed by atoms with Crippen LogP contribution in [0.3, 0.4) is 0 Å². The summed E-state index contributed by atoms with van der Waals surface area (Å²) in [6, 6.07) is 4.43. The molecule has 0 radical (unpaired) electrons. The molecule has 1 aliphatic heterocycles. The molecule has 128 valence electrons. The third kappa shape index (κ3) is 2.87. The van der Waals surface area contributed by atoms with Gasteiger partial charge in [-0.05, 0) is 51.5 Å². The maximum absolute atomic E-state index is 5.94. The van der Waals surface area contributed by atoms with Crippen LogP contribution < -0.4 is 9.64 Å². The molecular formula is C19H26N4O. The third-order valence-electron chi connectivity index (χ3n) is 5.34. The van der Waals surface area contributed by atoms with Crippen molar-refractivity contribution in [3.63, 3.8) is 0 Å². The highest BCUT2D eigenvalue weighted by atomic mass is 16.5. The largest absolute Gasteiger partial charge is 0.493 e. The molecular weight excluding hydrogens is 300 g/mol. The Morgan fingerprint density at radius 1 is 1.25 bits per heavy atom. The minimum Gasteiger partial charge on any atom is -0.493 e. The van der Waals surface area contributed by atoms with E-state index in [-0.39, 0.29) is 0 Å². The molecule has 0 spiro atoms. The Bertz CT molecular complexity index is 735. The molecule has 3 heterocycles. The zero-order valence-corrected chi connectivity index (χ0v) is 14.8. The highest BCUT2D eigenvalue weighted by Crippen LogP contribution is 2.38. The molecule has 0 unspecified atom stereocenters. The van der Waals surface area contributed by atoms with Gasteiger partial charge in [0, 0.05) is 37.1 Å². The molecule has 2 aliphatic rings. The van der Waals surface area contributed by atoms with Crippen LogP contribution in [0.4, 0.5) is 5.82 Å². The Kier molecular flexibility index (Phi) is 3.94. The van der Waals surface area contributed by atoms with Gasteiger partial charge in [0.15, 0.2) is 0 Å². The Balaban J connectivity index is 1.59. The molecule has 1 saturated carbocycles. The van der Waals surface area contributed by atoms with Gasteiger partial charge in [0.2, 0.25) is 0 Å². The third-order valence-corrected chi connectivity index (χ3v) is 5.34. The van der Waals surface area contributed by atoms with Gasteiger partial charge in [0.05, 0.1) is 18.3 Å². The van der Waals surface area contributed by atoms with E-state index in [2.05, 4.69) is 34.9 Å². The Hall–Kier alpha value is -2.04. The molecule has 0 N–H and O–H groups in total. The van der Waals surface area contributed by atoms with E-state index in [4.69, 9.17) is 4.74 Å². The first-order valence-corrected chi connectivity index (χ1v) is 8.99. The van der Waals surface area contributed by atoms with Gasteiger partial charge < -0.3 is 9.64 Å². The van der Waals surface area contributed by atoms with Crippen LogP contribution >= 0.6 is 0 Å². The fraction of sp³-hybridized carbons (Fsp3) is 0.579. The smallest absolute Gasteiger partial charge is 0.132 e. The number of aromatic nitrogens is 3. The number of rotatable bonds is 5. The zero-order chi connectivity index (χ0) is 16.7. The number of ether oxygens (including phenoxy) is 1. The fourth-order valence-corrected chi connectivity index (χ4v) is 3.76. The number of nitrogens with zero attached hydrogens (tertiary/aromatic N) is 4. The fourth-order valence-electron chi connectivity index (χ4n) is 3.76. The van der Waals surface area contributed by atoms with Crippen molar-refractivity contribution < 1.29 is 4.74 Å². The quantitative estimate of drug-likeness (QED) is 0.842. The monoisotopic (exact) mass is 326 g/mol. The van der Waals surface area contributed by atoms with E-state index >= 15 is 0 Å². The molecule has 0 bridgehead atoms. The van der Waals surface area contributed by atoms with E-state index in [1.54, 1.807) is 0 Å². The van der Waals surface area contributed by atoms with Crippen LogP contribution in [0.2, 0.25) is 0 Å². The number of anilines is 1. The van der Waals surface area contributed by atoms with Crippen LogP contribution in [-0.4, -0.2) is 27.9 Å². The molecule has 2 aromatic rings. The Morgan fingerprint density at radius 3 is 2.79 bits per heavy atom. The van der Waals surface area contributed by atoms with Crippen molar-refractivity contribution in [1.82, 2.24) is 14.8 Å². The summed E-state index contributed by atoms with van der Waals surface area (Å²) in [4.78, 5) is 7.04. The van der Waals surface area contributed by atoms with E-state index in [0.29, 0.717) is 6.04 Å². The van der Waals surface area contributed by atoms with E-state index < -0.39 is 0 Å². The van der Waals surface area contributed by atoms with Gasteiger partial charge in [-0.3, -0.25) is 4.68 Å². The van der Waals surface area contributed by atoms with Crippen LogP contribution in [0.5, 0.6) is 5.75 Å². The number of pyridine rings is 1. The summed E-state index contributed by atoms with van der Waals surface area (Å²) in [5.41, 5.74) is 3.75. The summed E-state index contributed by atoms with van der Waals surface area (Å²) in [7, 11) is 2.02. The second-order valence-corrected chi connectivity index (χ2v) is 7.16. The number of aryl methyl sites for hydroxylation is 2. The van der Waals surface area contributed by atoms with Gasteiger partial charge in [0.1, 0.15) is 11.6 Å². The Morgan fingerprint density at radius 2 is 2.08 bits per heavy atom. The first-order chi connectivity index (χ1) is 11.6. The molecule has 5 heteroatoms. The summed E-state index contributed by atoms with van der Waals surface area (Å²) in [6.45, 7) is 6.15. The van der Waals surface area contributed by atoms with Crippen LogP contribution in [0.25, 0.3) is 0 Å². The van der Waals surface area contributed by atoms with Gasteiger partial charge in [-0.2, -0.15) is 5.10 Å². The molecule has 4 rings (SSSR count). The predicted octanol–water partition coefficient (Wildman–Crippen LogP) is 3.56. The minimum atomic E-state index is 0.366. The summed E-state index contributed by atoms with van der Waals surface area (Å²) < 4.78 is 7.93. The maximum atomic E-state index is 5.94. The summed E-state index contributed by atoms with van der Waals surface area (Å²) in [5.74, 6) is 2.73. The van der Waals surface area contributed by atoms with Crippen molar-refractivity contribution >= 4 is 5.82 Å². The highest BCUT2D eigenvalue weighted by Gasteiger charge is 2.31. The molecule has 5 nitrogen and oxygen atoms in total. The van der Waals surface area contributed by atoms with E-state index in [1.165, 1.54) is 30.5 Å². The lowest BCUT2D eigenvalue weighted by Crippen LogP contribution is -2.24. The molecule has 0 aromatic carbocycles. The normalized spacial score (nSPS) is 20.6. The van der Waals surface area contributed by atoms with Crippen LogP contribution in [0.1, 0.15) is 48.7 Å². The zero-order valence-electron chi connectivity index (χ0n) is 14.8. The van der Waals surface area contributed by atoms with Gasteiger partial charge in [-0.25, -0.2) is 4.98 Å². The summed E-state index contributed by atoms with van der Waals surface area (Å²) in [6.07, 6.45) is 6.84. The highest BCUT2D eigenvalue weighted by molar-refractivity contribution is 5.48. The average molecular weight is 326 g/mol. The van der Waals surface area contributed by atoms with Crippen molar-refractivity contribution in [3.05, 3.63) is 35.3 Å². The lowest BCUT2D eigenvalue weighted by atomic mass is 10.0. The summed E-state index contributed by atoms with van der Waals surface area (Å²) >= 11 is 0. The molecule has 2 fully saturated rings. The van der Waals surface area contributed by atoms with E-state index in [9.17, 15) is 0 Å². The molecule has 1 saturated heterocycles. The van der Waals surface area contributed by atoms with Crippen molar-refractivity contribution in [3.8, 4) is 5.75 Å². The van der Waals surface area contributed by atoms with Gasteiger partial charge >= 0.3 is 0 Å². The van der Waals surface area contributed by atoms with Crippen molar-refractivity contribution in [2.45, 2.75) is 45.6 Å². The first kappa shape index (κ1) is 15.5. The number of hydrogen-bond acceptors (Lipinski definition) is 4. The molecule has 24 heavy (non-hydrogen) atoms. The predicted molar refractivity (Wildman–Crippen MR) is 94.5 cm³/mol. The van der Waals surface area contributed by atoms with Gasteiger partial charge in [0.25, 0.3) is 0 Å². The van der Waals surface area contributed by atoms with Crippen LogP contribution in [-0.2, 0) is 7.05 Å². The second-order valence-electron chi connectivity index (χ2n) is 7.16. The SMILES string of the molecule is Cc1nn(C)c(C)c1[C@H]1CCCN1c1cc(OCC2CC2)ccn1. The van der Waals surface area contributed by atoms with Gasteiger partial charge in [-0.1, -0.05) is 0 Å². The topological polar surface area (TPSA) is 43.2 Å². The lowest BCUT2D eigenvalue weighted by Gasteiger charge is -2.26. The molecule has 1 aliphatic carbocycles. The van der Waals surface area contributed by atoms with Gasteiger partial charge in [-0.15, -0.1) is 0 Å². The molecule has 1 atom stereocenters. The van der Waals surface area contributed by atoms with Crippen LogP contribution in [0.15, 0.2) is 18.3 Å². The summed E-state index contributed by atoms with van der Waals surface area (Å²) in [5, 5.41) is 4.60.